The maximum atomic E-state index is 12.1. The monoisotopic (exact) mass is 371 g/mol. The van der Waals surface area contributed by atoms with Crippen LogP contribution in [-0.4, -0.2) is 49.5 Å². The minimum absolute atomic E-state index is 0.104. The molecule has 0 unspecified atom stereocenters. The average Bonchev–Trinajstić information content (AvgIpc) is 3.13. The Morgan fingerprint density at radius 3 is 2.78 bits per heavy atom. The third-order valence-electron chi connectivity index (χ3n) is 4.53. The van der Waals surface area contributed by atoms with Crippen LogP contribution in [0.3, 0.4) is 0 Å². The summed E-state index contributed by atoms with van der Waals surface area (Å²) >= 11 is 0. The van der Waals surface area contributed by atoms with Crippen molar-refractivity contribution in [2.75, 3.05) is 27.4 Å². The smallest absolute Gasteiger partial charge is 0.315 e. The molecule has 0 aliphatic carbocycles. The zero-order valence-electron chi connectivity index (χ0n) is 15.6. The van der Waals surface area contributed by atoms with Crippen molar-refractivity contribution in [1.82, 2.24) is 15.5 Å². The summed E-state index contributed by atoms with van der Waals surface area (Å²) in [5, 5.41) is 15.2. The fraction of sp³-hybridized carbons (Fsp3) is 0.350. The van der Waals surface area contributed by atoms with E-state index < -0.39 is 0 Å². The van der Waals surface area contributed by atoms with Gasteiger partial charge in [0.15, 0.2) is 11.5 Å². The zero-order chi connectivity index (χ0) is 19.2. The topological polar surface area (TPSA) is 83.1 Å². The number of para-hydroxylation sites is 1. The molecule has 2 aromatic rings. The fourth-order valence-corrected chi connectivity index (χ4v) is 2.96. The van der Waals surface area contributed by atoms with Gasteiger partial charge in [-0.2, -0.15) is 0 Å². The normalized spacial score (nSPS) is 13.4. The summed E-state index contributed by atoms with van der Waals surface area (Å²) in [5.41, 5.74) is 1.90. The van der Waals surface area contributed by atoms with Gasteiger partial charge in [0.1, 0.15) is 5.75 Å². The van der Waals surface area contributed by atoms with Gasteiger partial charge >= 0.3 is 6.03 Å². The number of carbonyl (C=O) groups is 1. The summed E-state index contributed by atoms with van der Waals surface area (Å²) in [5.74, 6) is 1.74. The van der Waals surface area contributed by atoms with E-state index in [1.165, 1.54) is 0 Å². The van der Waals surface area contributed by atoms with E-state index in [1.807, 2.05) is 38.4 Å². The Hall–Kier alpha value is -2.93. The minimum atomic E-state index is -0.247. The van der Waals surface area contributed by atoms with Crippen LogP contribution in [0.4, 0.5) is 4.79 Å². The number of amides is 2. The summed E-state index contributed by atoms with van der Waals surface area (Å²) in [6.07, 6.45) is 0.729. The van der Waals surface area contributed by atoms with Crippen molar-refractivity contribution in [3.05, 3.63) is 53.6 Å². The summed E-state index contributed by atoms with van der Waals surface area (Å²) in [4.78, 5) is 14.2. The molecule has 0 bridgehead atoms. The molecule has 7 nitrogen and oxygen atoms in total. The number of urea groups is 1. The molecule has 1 aliphatic heterocycles. The number of nitrogens with one attached hydrogen (secondary N) is 2. The second-order valence-electron chi connectivity index (χ2n) is 6.71. The molecule has 1 atom stereocenters. The van der Waals surface area contributed by atoms with Gasteiger partial charge in [0.25, 0.3) is 0 Å². The number of nitrogens with zero attached hydrogens (tertiary/aromatic N) is 1. The highest BCUT2D eigenvalue weighted by Crippen LogP contribution is 2.36. The Kier molecular flexibility index (Phi) is 6.03. The van der Waals surface area contributed by atoms with E-state index >= 15 is 0 Å². The van der Waals surface area contributed by atoms with E-state index in [-0.39, 0.29) is 24.6 Å². The van der Waals surface area contributed by atoms with E-state index in [9.17, 15) is 9.90 Å². The number of fused-ring (bicyclic) bond motifs is 1. The second kappa shape index (κ2) is 8.64. The van der Waals surface area contributed by atoms with Crippen LogP contribution in [0.2, 0.25) is 0 Å². The Morgan fingerprint density at radius 2 is 2.00 bits per heavy atom. The molecule has 3 N–H and O–H groups in total. The Labute approximate surface area is 158 Å². The van der Waals surface area contributed by atoms with Gasteiger partial charge in [-0.25, -0.2) is 4.79 Å². The highest BCUT2D eigenvalue weighted by molar-refractivity contribution is 5.73. The predicted molar refractivity (Wildman–Crippen MR) is 102 cm³/mol. The first-order valence-corrected chi connectivity index (χ1v) is 8.86. The number of carbonyl (C=O) groups excluding carboxylic acids is 1. The minimum Gasteiger partial charge on any atom is -0.508 e. The summed E-state index contributed by atoms with van der Waals surface area (Å²) in [6.45, 7) is 1.09. The summed E-state index contributed by atoms with van der Waals surface area (Å²) in [7, 11) is 3.97. The SMILES string of the molecule is CN(C)[C@H](CNC(=O)NCc1cccc(O)c1)Cc1cccc2c1OCO2. The highest BCUT2D eigenvalue weighted by Gasteiger charge is 2.21. The maximum Gasteiger partial charge on any atom is 0.315 e. The lowest BCUT2D eigenvalue weighted by Crippen LogP contribution is -2.45. The van der Waals surface area contributed by atoms with E-state index in [2.05, 4.69) is 15.5 Å². The lowest BCUT2D eigenvalue weighted by Gasteiger charge is -2.25. The van der Waals surface area contributed by atoms with Gasteiger partial charge in [-0.3, -0.25) is 0 Å². The molecule has 0 spiro atoms. The molecule has 0 fully saturated rings. The molecule has 0 aromatic heterocycles. The molecule has 1 heterocycles. The van der Waals surface area contributed by atoms with Gasteiger partial charge < -0.3 is 30.1 Å². The van der Waals surface area contributed by atoms with Gasteiger partial charge in [-0.15, -0.1) is 0 Å². The molecule has 144 valence electrons. The molecular weight excluding hydrogens is 346 g/mol. The van der Waals surface area contributed by atoms with Gasteiger partial charge in [-0.1, -0.05) is 24.3 Å². The van der Waals surface area contributed by atoms with Crippen molar-refractivity contribution >= 4 is 6.03 Å². The Bertz CT molecular complexity index is 795. The van der Waals surface area contributed by atoms with Crippen molar-refractivity contribution in [3.63, 3.8) is 0 Å². The largest absolute Gasteiger partial charge is 0.508 e. The van der Waals surface area contributed by atoms with Crippen LogP contribution >= 0.6 is 0 Å². The zero-order valence-corrected chi connectivity index (χ0v) is 15.6. The standard InChI is InChI=1S/C20H25N3O4/c1-23(2)16(10-15-6-4-8-18-19(15)27-13-26-18)12-22-20(25)21-11-14-5-3-7-17(24)9-14/h3-9,16,24H,10-13H2,1-2H3,(H2,21,22,25)/t16-/m0/s1. The number of rotatable bonds is 7. The van der Waals surface area contributed by atoms with E-state index in [4.69, 9.17) is 9.47 Å². The molecule has 2 aromatic carbocycles. The van der Waals surface area contributed by atoms with Crippen molar-refractivity contribution in [1.29, 1.82) is 0 Å². The van der Waals surface area contributed by atoms with Gasteiger partial charge in [-0.05, 0) is 49.8 Å². The van der Waals surface area contributed by atoms with E-state index in [0.29, 0.717) is 13.1 Å². The predicted octanol–water partition coefficient (Wildman–Crippen LogP) is 2.09. The Balaban J connectivity index is 1.52. The fourth-order valence-electron chi connectivity index (χ4n) is 2.96. The number of ether oxygens (including phenoxy) is 2. The van der Waals surface area contributed by atoms with Crippen LogP contribution in [0, 0.1) is 0 Å². The van der Waals surface area contributed by atoms with E-state index in [1.54, 1.807) is 18.2 Å². The molecular formula is C20H25N3O4. The molecule has 0 saturated carbocycles. The molecule has 7 heteroatoms. The molecule has 27 heavy (non-hydrogen) atoms. The van der Waals surface area contributed by atoms with Crippen LogP contribution in [0.25, 0.3) is 0 Å². The third-order valence-corrected chi connectivity index (χ3v) is 4.53. The molecule has 1 aliphatic rings. The number of phenols is 1. The lowest BCUT2D eigenvalue weighted by atomic mass is 10.0. The second-order valence-corrected chi connectivity index (χ2v) is 6.71. The van der Waals surface area contributed by atoms with Crippen LogP contribution in [-0.2, 0) is 13.0 Å². The molecule has 0 radical (unpaired) electrons. The van der Waals surface area contributed by atoms with Crippen LogP contribution in [0.5, 0.6) is 17.2 Å². The van der Waals surface area contributed by atoms with E-state index in [0.717, 1.165) is 29.0 Å². The molecule has 2 amide bonds. The van der Waals surface area contributed by atoms with Crippen molar-refractivity contribution < 1.29 is 19.4 Å². The van der Waals surface area contributed by atoms with Crippen molar-refractivity contribution in [3.8, 4) is 17.2 Å². The van der Waals surface area contributed by atoms with Gasteiger partial charge in [0, 0.05) is 19.1 Å². The van der Waals surface area contributed by atoms with Crippen LogP contribution in [0.15, 0.2) is 42.5 Å². The van der Waals surface area contributed by atoms with Gasteiger partial charge in [0.2, 0.25) is 6.79 Å². The number of likely N-dealkylation sites (N-methyl/N-ethyl adjacent to an activating group) is 1. The number of phenolic OH excluding ortho intramolecular Hbond substituents is 1. The first-order valence-electron chi connectivity index (χ1n) is 8.86. The Morgan fingerprint density at radius 1 is 1.19 bits per heavy atom. The quantitative estimate of drug-likeness (QED) is 0.694. The van der Waals surface area contributed by atoms with Crippen molar-refractivity contribution in [2.24, 2.45) is 0 Å². The van der Waals surface area contributed by atoms with Crippen molar-refractivity contribution in [2.45, 2.75) is 19.0 Å². The summed E-state index contributed by atoms with van der Waals surface area (Å²) < 4.78 is 11.0. The van der Waals surface area contributed by atoms with Crippen LogP contribution in [0.1, 0.15) is 11.1 Å². The maximum absolute atomic E-state index is 12.1. The first-order chi connectivity index (χ1) is 13.0. The number of aromatic hydroxyl groups is 1. The number of benzene rings is 2. The highest BCUT2D eigenvalue weighted by atomic mass is 16.7. The number of hydrogen-bond donors (Lipinski definition) is 3. The number of hydrogen-bond acceptors (Lipinski definition) is 5. The van der Waals surface area contributed by atoms with Gasteiger partial charge in [0.05, 0.1) is 0 Å². The first kappa shape index (κ1) is 18.8. The summed E-state index contributed by atoms with van der Waals surface area (Å²) in [6, 6.07) is 12.5. The van der Waals surface area contributed by atoms with Crippen LogP contribution < -0.4 is 20.1 Å². The molecule has 0 saturated heterocycles. The third kappa shape index (κ3) is 5.04. The average molecular weight is 371 g/mol. The lowest BCUT2D eigenvalue weighted by molar-refractivity contribution is 0.172. The molecule has 3 rings (SSSR count).